The number of benzene rings is 2. The number of halogens is 1. The summed E-state index contributed by atoms with van der Waals surface area (Å²) >= 11 is 0. The number of amides is 2. The second-order valence-corrected chi connectivity index (χ2v) is 9.21. The van der Waals surface area contributed by atoms with Gasteiger partial charge in [0, 0.05) is 11.4 Å². The summed E-state index contributed by atoms with van der Waals surface area (Å²) in [5.41, 5.74) is 3.22. The van der Waals surface area contributed by atoms with Crippen LogP contribution in [-0.2, 0) is 9.84 Å². The van der Waals surface area contributed by atoms with Gasteiger partial charge in [-0.15, -0.1) is 0 Å². The van der Waals surface area contributed by atoms with E-state index in [1.165, 1.54) is 29.2 Å². The molecule has 2 atom stereocenters. The van der Waals surface area contributed by atoms with E-state index in [-0.39, 0.29) is 17.5 Å². The number of fused-ring (bicyclic) bond motifs is 1. The summed E-state index contributed by atoms with van der Waals surface area (Å²) in [6.07, 6.45) is 0. The molecule has 0 spiro atoms. The summed E-state index contributed by atoms with van der Waals surface area (Å²) in [4.78, 5) is 16.3. The first-order chi connectivity index (χ1) is 12.2. The van der Waals surface area contributed by atoms with Crippen molar-refractivity contribution in [1.29, 1.82) is 0 Å². The Bertz CT molecular complexity index is 968. The van der Waals surface area contributed by atoms with E-state index in [1.54, 1.807) is 4.90 Å². The number of anilines is 2. The van der Waals surface area contributed by atoms with E-state index in [0.717, 1.165) is 11.1 Å². The quantitative estimate of drug-likeness (QED) is 0.759. The highest BCUT2D eigenvalue weighted by Gasteiger charge is 2.54. The minimum Gasteiger partial charge on any atom is -0.288 e. The monoisotopic (exact) mass is 374 g/mol. The lowest BCUT2D eigenvalue weighted by atomic mass is 10.1. The Kier molecular flexibility index (Phi) is 3.80. The third kappa shape index (κ3) is 2.76. The van der Waals surface area contributed by atoms with Gasteiger partial charge in [-0.1, -0.05) is 6.07 Å². The highest BCUT2D eigenvalue weighted by Crippen LogP contribution is 2.38. The number of sulfone groups is 1. The molecule has 0 aromatic heterocycles. The van der Waals surface area contributed by atoms with Crippen molar-refractivity contribution in [3.05, 3.63) is 59.4 Å². The molecule has 2 amide bonds. The van der Waals surface area contributed by atoms with Crippen molar-refractivity contribution in [2.24, 2.45) is 0 Å². The lowest BCUT2D eigenvalue weighted by molar-refractivity contribution is 0.255. The maximum Gasteiger partial charge on any atom is 0.329 e. The number of carbonyl (C=O) groups is 1. The van der Waals surface area contributed by atoms with Gasteiger partial charge < -0.3 is 0 Å². The second kappa shape index (κ2) is 5.81. The van der Waals surface area contributed by atoms with Gasteiger partial charge in [-0.3, -0.25) is 9.80 Å². The first-order valence-electron chi connectivity index (χ1n) is 8.42. The van der Waals surface area contributed by atoms with Gasteiger partial charge in [-0.2, -0.15) is 0 Å². The number of nitrogens with zero attached hydrogens (tertiary/aromatic N) is 2. The van der Waals surface area contributed by atoms with Gasteiger partial charge in [0.25, 0.3) is 0 Å². The largest absolute Gasteiger partial charge is 0.329 e. The molecule has 2 aromatic rings. The van der Waals surface area contributed by atoms with Gasteiger partial charge >= 0.3 is 6.03 Å². The second-order valence-electron chi connectivity index (χ2n) is 7.06. The van der Waals surface area contributed by atoms with Crippen LogP contribution in [0.4, 0.5) is 20.6 Å². The van der Waals surface area contributed by atoms with E-state index < -0.39 is 27.7 Å². The molecule has 2 aromatic carbocycles. The number of carbonyl (C=O) groups excluding carboxylic acids is 1. The topological polar surface area (TPSA) is 57.7 Å². The molecule has 26 heavy (non-hydrogen) atoms. The average molecular weight is 374 g/mol. The number of hydrogen-bond donors (Lipinski definition) is 0. The fourth-order valence-corrected chi connectivity index (χ4v) is 5.92. The summed E-state index contributed by atoms with van der Waals surface area (Å²) < 4.78 is 37.8. The Labute approximate surface area is 152 Å². The zero-order valence-corrected chi connectivity index (χ0v) is 15.3. The third-order valence-corrected chi connectivity index (χ3v) is 6.66. The predicted molar refractivity (Wildman–Crippen MR) is 98.9 cm³/mol. The minimum atomic E-state index is -3.25. The molecular formula is C19H19FN2O3S. The molecule has 0 radical (unpaired) electrons. The van der Waals surface area contributed by atoms with Gasteiger partial charge in [-0.25, -0.2) is 17.6 Å². The highest BCUT2D eigenvalue weighted by atomic mass is 32.2. The van der Waals surface area contributed by atoms with Crippen LogP contribution in [0.25, 0.3) is 0 Å². The summed E-state index contributed by atoms with van der Waals surface area (Å²) in [6, 6.07) is 10.2. The normalized spacial score (nSPS) is 24.2. The number of hydrogen-bond acceptors (Lipinski definition) is 3. The Morgan fingerprint density at radius 3 is 1.92 bits per heavy atom. The van der Waals surface area contributed by atoms with Crippen molar-refractivity contribution >= 4 is 27.2 Å². The van der Waals surface area contributed by atoms with Crippen LogP contribution >= 0.6 is 0 Å². The van der Waals surface area contributed by atoms with Gasteiger partial charge in [-0.05, 0) is 61.4 Å². The first-order valence-corrected chi connectivity index (χ1v) is 10.2. The molecule has 2 fully saturated rings. The fourth-order valence-electron chi connectivity index (χ4n) is 4.00. The maximum atomic E-state index is 13.3. The molecule has 0 saturated carbocycles. The van der Waals surface area contributed by atoms with Crippen LogP contribution in [0.5, 0.6) is 0 Å². The Morgan fingerprint density at radius 2 is 1.38 bits per heavy atom. The van der Waals surface area contributed by atoms with Crippen molar-refractivity contribution in [2.75, 3.05) is 21.3 Å². The molecule has 2 heterocycles. The molecule has 2 aliphatic rings. The molecule has 0 aliphatic carbocycles. The van der Waals surface area contributed by atoms with Crippen molar-refractivity contribution in [3.8, 4) is 0 Å². The number of aryl methyl sites for hydroxylation is 2. The SMILES string of the molecule is Cc1cc(C)cc(N2C(=O)N(c3ccc(F)cc3)[C@@H]3CS(=O)(=O)C[C@@H]32)c1. The Hall–Kier alpha value is -2.41. The summed E-state index contributed by atoms with van der Waals surface area (Å²) in [5, 5.41) is 0. The Balaban J connectivity index is 1.82. The molecule has 2 aliphatic heterocycles. The van der Waals surface area contributed by atoms with E-state index in [1.807, 2.05) is 32.0 Å². The smallest absolute Gasteiger partial charge is 0.288 e. The van der Waals surface area contributed by atoms with E-state index in [4.69, 9.17) is 0 Å². The zero-order valence-electron chi connectivity index (χ0n) is 14.5. The van der Waals surface area contributed by atoms with Gasteiger partial charge in [0.1, 0.15) is 5.82 Å². The van der Waals surface area contributed by atoms with Gasteiger partial charge in [0.15, 0.2) is 9.84 Å². The van der Waals surface area contributed by atoms with Crippen LogP contribution < -0.4 is 9.80 Å². The van der Waals surface area contributed by atoms with Gasteiger partial charge in [0.2, 0.25) is 0 Å². The van der Waals surface area contributed by atoms with Crippen LogP contribution in [0.3, 0.4) is 0 Å². The Morgan fingerprint density at radius 1 is 0.885 bits per heavy atom. The molecule has 136 valence electrons. The average Bonchev–Trinajstić information content (AvgIpc) is 2.96. The van der Waals surface area contributed by atoms with Crippen LogP contribution in [0.1, 0.15) is 11.1 Å². The minimum absolute atomic E-state index is 0.0614. The fraction of sp³-hybridized carbons (Fsp3) is 0.316. The van der Waals surface area contributed by atoms with Crippen molar-refractivity contribution in [2.45, 2.75) is 25.9 Å². The molecular weight excluding hydrogens is 355 g/mol. The molecule has 0 N–H and O–H groups in total. The molecule has 5 nitrogen and oxygen atoms in total. The highest BCUT2D eigenvalue weighted by molar-refractivity contribution is 7.91. The van der Waals surface area contributed by atoms with Crippen LogP contribution in [0.2, 0.25) is 0 Å². The standard InChI is InChI=1S/C19H19FN2O3S/c1-12-7-13(2)9-16(8-12)22-18-11-26(24,25)10-17(18)21(19(22)23)15-5-3-14(20)4-6-15/h3-9,17-18H,10-11H2,1-2H3/t17-,18+/m1/s1. The van der Waals surface area contributed by atoms with E-state index in [0.29, 0.717) is 11.4 Å². The first kappa shape index (κ1) is 17.0. The molecule has 0 unspecified atom stereocenters. The van der Waals surface area contributed by atoms with Crippen LogP contribution in [0.15, 0.2) is 42.5 Å². The summed E-state index contributed by atoms with van der Waals surface area (Å²) in [7, 11) is -3.25. The van der Waals surface area contributed by atoms with Crippen LogP contribution in [0, 0.1) is 19.7 Å². The van der Waals surface area contributed by atoms with E-state index in [9.17, 15) is 17.6 Å². The van der Waals surface area contributed by atoms with E-state index in [2.05, 4.69) is 0 Å². The molecule has 7 heteroatoms. The number of urea groups is 1. The van der Waals surface area contributed by atoms with Crippen molar-refractivity contribution in [1.82, 2.24) is 0 Å². The van der Waals surface area contributed by atoms with E-state index >= 15 is 0 Å². The predicted octanol–water partition coefficient (Wildman–Crippen LogP) is 3.05. The van der Waals surface area contributed by atoms with Crippen molar-refractivity contribution < 1.29 is 17.6 Å². The maximum absolute atomic E-state index is 13.3. The van der Waals surface area contributed by atoms with Gasteiger partial charge in [0.05, 0.1) is 23.6 Å². The zero-order chi connectivity index (χ0) is 18.6. The molecule has 0 bridgehead atoms. The van der Waals surface area contributed by atoms with Crippen LogP contribution in [-0.4, -0.2) is 38.0 Å². The van der Waals surface area contributed by atoms with Crippen molar-refractivity contribution in [3.63, 3.8) is 0 Å². The lowest BCUT2D eigenvalue weighted by Gasteiger charge is -2.23. The number of rotatable bonds is 2. The summed E-state index contributed by atoms with van der Waals surface area (Å²) in [5.74, 6) is -0.543. The lowest BCUT2D eigenvalue weighted by Crippen LogP contribution is -2.38. The third-order valence-electron chi connectivity index (χ3n) is 4.96. The molecule has 2 saturated heterocycles. The summed E-state index contributed by atoms with van der Waals surface area (Å²) in [6.45, 7) is 3.88. The molecule has 4 rings (SSSR count).